The molecule has 5 N–H and O–H groups in total. The van der Waals surface area contributed by atoms with Crippen LogP contribution in [0.1, 0.15) is 26.2 Å². The first kappa shape index (κ1) is 16.7. The first-order valence-corrected chi connectivity index (χ1v) is 6.45. The number of primary amides is 1. The van der Waals surface area contributed by atoms with E-state index in [1.807, 2.05) is 0 Å². The Kier molecular flexibility index (Phi) is 5.12. The highest BCUT2D eigenvalue weighted by Crippen LogP contribution is 2.29. The number of hydrogen-bond acceptors (Lipinski definition) is 4. The molecule has 0 spiro atoms. The van der Waals surface area contributed by atoms with Crippen molar-refractivity contribution in [3.05, 3.63) is 0 Å². The number of carbonyl (C=O) groups excluding carboxylic acids is 2. The number of nitrogens with one attached hydrogen (secondary N) is 1. The molecule has 1 aliphatic heterocycles. The van der Waals surface area contributed by atoms with Crippen molar-refractivity contribution in [2.75, 3.05) is 13.1 Å². The Hall–Kier alpha value is -2.32. The lowest BCUT2D eigenvalue weighted by atomic mass is 9.89. The minimum Gasteiger partial charge on any atom is -0.481 e. The third-order valence-electron chi connectivity index (χ3n) is 3.60. The Morgan fingerprint density at radius 2 is 1.95 bits per heavy atom. The fourth-order valence-corrected chi connectivity index (χ4v) is 2.10. The molecule has 2 atom stereocenters. The lowest BCUT2D eigenvalue weighted by molar-refractivity contribution is -0.140. The van der Waals surface area contributed by atoms with Gasteiger partial charge in [-0.2, -0.15) is 0 Å². The smallest absolute Gasteiger partial charge is 0.326 e. The van der Waals surface area contributed by atoms with Gasteiger partial charge < -0.3 is 26.2 Å². The van der Waals surface area contributed by atoms with E-state index in [-0.39, 0.29) is 25.9 Å². The normalized spacial score (nSPS) is 22.6. The van der Waals surface area contributed by atoms with Gasteiger partial charge >= 0.3 is 18.0 Å². The number of hydrogen-bond donors (Lipinski definition) is 4. The molecule has 1 heterocycles. The maximum atomic E-state index is 12.0. The Balaban J connectivity index is 2.61. The zero-order valence-electron chi connectivity index (χ0n) is 11.7. The molecule has 0 aliphatic carbocycles. The van der Waals surface area contributed by atoms with Gasteiger partial charge in [-0.3, -0.25) is 9.59 Å². The number of nitrogens with zero attached hydrogens (tertiary/aromatic N) is 1. The molecule has 0 aromatic carbocycles. The van der Waals surface area contributed by atoms with Gasteiger partial charge in [0.05, 0.1) is 5.41 Å². The van der Waals surface area contributed by atoms with Crippen molar-refractivity contribution in [1.82, 2.24) is 10.2 Å². The van der Waals surface area contributed by atoms with E-state index in [4.69, 9.17) is 15.9 Å². The highest BCUT2D eigenvalue weighted by Gasteiger charge is 2.41. The van der Waals surface area contributed by atoms with Gasteiger partial charge in [-0.25, -0.2) is 9.59 Å². The number of carboxylic acids is 2. The van der Waals surface area contributed by atoms with Crippen molar-refractivity contribution < 1.29 is 29.4 Å². The molecule has 0 aromatic heterocycles. The van der Waals surface area contributed by atoms with Crippen molar-refractivity contribution in [2.45, 2.75) is 32.2 Å². The summed E-state index contributed by atoms with van der Waals surface area (Å²) in [5.41, 5.74) is 4.45. The lowest BCUT2D eigenvalue weighted by Crippen LogP contribution is -2.48. The fraction of sp³-hybridized carbons (Fsp3) is 0.667. The number of aliphatic carboxylic acids is 2. The summed E-state index contributed by atoms with van der Waals surface area (Å²) in [6.07, 6.45) is -0.170. The third kappa shape index (κ3) is 4.33. The maximum Gasteiger partial charge on any atom is 0.326 e. The Labute approximate surface area is 121 Å². The molecule has 1 fully saturated rings. The number of rotatable bonds is 6. The van der Waals surface area contributed by atoms with Gasteiger partial charge in [-0.1, -0.05) is 0 Å². The average Bonchev–Trinajstić information content (AvgIpc) is 2.78. The van der Waals surface area contributed by atoms with Crippen molar-refractivity contribution in [1.29, 1.82) is 0 Å². The van der Waals surface area contributed by atoms with Gasteiger partial charge in [0.2, 0.25) is 5.91 Å². The number of nitrogens with two attached hydrogens (primary N) is 1. The average molecular weight is 301 g/mol. The molecule has 3 amide bonds. The fourth-order valence-electron chi connectivity index (χ4n) is 2.10. The topological polar surface area (TPSA) is 150 Å². The third-order valence-corrected chi connectivity index (χ3v) is 3.60. The predicted octanol–water partition coefficient (Wildman–Crippen LogP) is -0.789. The molecule has 118 valence electrons. The first-order valence-electron chi connectivity index (χ1n) is 6.45. The van der Waals surface area contributed by atoms with Gasteiger partial charge in [0.1, 0.15) is 6.04 Å². The van der Waals surface area contributed by atoms with E-state index in [1.165, 1.54) is 4.90 Å². The Bertz CT molecular complexity index is 466. The minimum atomic E-state index is -1.30. The molecule has 0 saturated carbocycles. The summed E-state index contributed by atoms with van der Waals surface area (Å²) in [6, 6.07) is -1.92. The van der Waals surface area contributed by atoms with Gasteiger partial charge in [0.25, 0.3) is 0 Å². The second-order valence-electron chi connectivity index (χ2n) is 5.37. The van der Waals surface area contributed by atoms with Crippen molar-refractivity contribution in [3.63, 3.8) is 0 Å². The van der Waals surface area contributed by atoms with E-state index in [1.54, 1.807) is 6.92 Å². The lowest BCUT2D eigenvalue weighted by Gasteiger charge is -2.23. The quantitative estimate of drug-likeness (QED) is 0.505. The molecule has 9 heteroatoms. The molecule has 1 saturated heterocycles. The van der Waals surface area contributed by atoms with E-state index in [0.29, 0.717) is 6.42 Å². The van der Waals surface area contributed by atoms with E-state index in [9.17, 15) is 19.2 Å². The summed E-state index contributed by atoms with van der Waals surface area (Å²) in [4.78, 5) is 46.0. The second-order valence-corrected chi connectivity index (χ2v) is 5.37. The number of carbonyl (C=O) groups is 4. The molecule has 0 aromatic rings. The van der Waals surface area contributed by atoms with Gasteiger partial charge in [-0.05, 0) is 19.8 Å². The summed E-state index contributed by atoms with van der Waals surface area (Å²) in [5.74, 6) is -2.96. The molecule has 9 nitrogen and oxygen atoms in total. The number of carboxylic acid groups (broad SMARTS) is 2. The van der Waals surface area contributed by atoms with Crippen LogP contribution in [0.3, 0.4) is 0 Å². The first-order chi connectivity index (χ1) is 9.65. The van der Waals surface area contributed by atoms with Crippen LogP contribution in [0.25, 0.3) is 0 Å². The zero-order valence-corrected chi connectivity index (χ0v) is 11.7. The van der Waals surface area contributed by atoms with Crippen molar-refractivity contribution in [2.24, 2.45) is 11.1 Å². The molecular weight excluding hydrogens is 282 g/mol. The number of urea groups is 1. The zero-order chi connectivity index (χ0) is 16.2. The largest absolute Gasteiger partial charge is 0.481 e. The van der Waals surface area contributed by atoms with Crippen LogP contribution in [-0.2, 0) is 14.4 Å². The number of amides is 3. The van der Waals surface area contributed by atoms with Crippen LogP contribution >= 0.6 is 0 Å². The summed E-state index contributed by atoms with van der Waals surface area (Å²) in [6.45, 7) is 2.04. The standard InChI is InChI=1S/C12H19N3O6/c1-12(10(13)20)4-5-15(6-12)11(21)14-7(9(18)19)2-3-8(16)17/h7H,2-6H2,1H3,(H2,13,20)(H,14,21)(H,16,17)(H,18,19). The van der Waals surface area contributed by atoms with E-state index in [0.717, 1.165) is 0 Å². The molecule has 21 heavy (non-hydrogen) atoms. The van der Waals surface area contributed by atoms with Crippen LogP contribution in [0.5, 0.6) is 0 Å². The molecule has 2 unspecified atom stereocenters. The Morgan fingerprint density at radius 1 is 1.33 bits per heavy atom. The van der Waals surface area contributed by atoms with E-state index >= 15 is 0 Å². The van der Waals surface area contributed by atoms with Crippen LogP contribution in [0.2, 0.25) is 0 Å². The molecule has 0 radical (unpaired) electrons. The summed E-state index contributed by atoms with van der Waals surface area (Å²) >= 11 is 0. The summed E-state index contributed by atoms with van der Waals surface area (Å²) in [7, 11) is 0. The highest BCUT2D eigenvalue weighted by atomic mass is 16.4. The monoisotopic (exact) mass is 301 g/mol. The summed E-state index contributed by atoms with van der Waals surface area (Å²) < 4.78 is 0. The van der Waals surface area contributed by atoms with Crippen molar-refractivity contribution in [3.8, 4) is 0 Å². The van der Waals surface area contributed by atoms with E-state index in [2.05, 4.69) is 5.32 Å². The maximum absolute atomic E-state index is 12.0. The molecule has 0 bridgehead atoms. The van der Waals surface area contributed by atoms with Gasteiger partial charge in [-0.15, -0.1) is 0 Å². The Morgan fingerprint density at radius 3 is 2.38 bits per heavy atom. The van der Waals surface area contributed by atoms with Crippen LogP contribution in [0, 0.1) is 5.41 Å². The molecule has 1 aliphatic rings. The van der Waals surface area contributed by atoms with Crippen LogP contribution in [0.15, 0.2) is 0 Å². The number of likely N-dealkylation sites (tertiary alicyclic amines) is 1. The summed E-state index contributed by atoms with van der Waals surface area (Å²) in [5, 5.41) is 19.8. The SMILES string of the molecule is CC1(C(N)=O)CCN(C(=O)NC(CCC(=O)O)C(=O)O)C1. The highest BCUT2D eigenvalue weighted by molar-refractivity contribution is 5.85. The molecule has 1 rings (SSSR count). The molecular formula is C12H19N3O6. The second kappa shape index (κ2) is 6.42. The van der Waals surface area contributed by atoms with Crippen molar-refractivity contribution >= 4 is 23.9 Å². The van der Waals surface area contributed by atoms with Gasteiger partial charge in [0, 0.05) is 19.5 Å². The minimum absolute atomic E-state index is 0.111. The van der Waals surface area contributed by atoms with Crippen LogP contribution in [0.4, 0.5) is 4.79 Å². The predicted molar refractivity (Wildman–Crippen MR) is 70.3 cm³/mol. The van der Waals surface area contributed by atoms with Gasteiger partial charge in [0.15, 0.2) is 0 Å². The van der Waals surface area contributed by atoms with Crippen LogP contribution < -0.4 is 11.1 Å². The van der Waals surface area contributed by atoms with Crippen LogP contribution in [-0.4, -0.2) is 58.1 Å². The van der Waals surface area contributed by atoms with E-state index < -0.39 is 35.3 Å².